The van der Waals surface area contributed by atoms with Crippen LogP contribution in [-0.2, 0) is 16.0 Å². The van der Waals surface area contributed by atoms with Crippen LogP contribution in [0.3, 0.4) is 0 Å². The summed E-state index contributed by atoms with van der Waals surface area (Å²) in [6, 6.07) is 15.3. The van der Waals surface area contributed by atoms with Crippen molar-refractivity contribution in [1.29, 1.82) is 0 Å². The number of halogens is 1. The average Bonchev–Trinajstić information content (AvgIpc) is 3.07. The van der Waals surface area contributed by atoms with Crippen molar-refractivity contribution in [2.24, 2.45) is 0 Å². The number of esters is 1. The Morgan fingerprint density at radius 1 is 1.15 bits per heavy atom. The molecule has 0 saturated carbocycles. The van der Waals surface area contributed by atoms with E-state index in [1.54, 1.807) is 18.2 Å². The Morgan fingerprint density at radius 2 is 1.88 bits per heavy atom. The van der Waals surface area contributed by atoms with Gasteiger partial charge < -0.3 is 15.0 Å². The van der Waals surface area contributed by atoms with E-state index in [2.05, 4.69) is 10.3 Å². The second kappa shape index (κ2) is 7.82. The topological polar surface area (TPSA) is 71.2 Å². The zero-order chi connectivity index (χ0) is 18.5. The molecule has 1 aromatic heterocycles. The van der Waals surface area contributed by atoms with Crippen LogP contribution >= 0.6 is 0 Å². The molecule has 26 heavy (non-hydrogen) atoms. The summed E-state index contributed by atoms with van der Waals surface area (Å²) in [5, 5.41) is 3.61. The highest BCUT2D eigenvalue weighted by Gasteiger charge is 2.19. The van der Waals surface area contributed by atoms with Crippen LogP contribution in [0.25, 0.3) is 10.9 Å². The molecule has 0 unspecified atom stereocenters. The molecule has 0 bridgehead atoms. The third-order valence-corrected chi connectivity index (χ3v) is 4.03. The monoisotopic (exact) mass is 354 g/mol. The van der Waals surface area contributed by atoms with Crippen LogP contribution in [0.5, 0.6) is 0 Å². The predicted molar refractivity (Wildman–Crippen MR) is 96.3 cm³/mol. The number of H-pyrrole nitrogens is 1. The molecule has 1 atom stereocenters. The quantitative estimate of drug-likeness (QED) is 0.668. The Labute approximate surface area is 150 Å². The maximum Gasteiger partial charge on any atom is 0.355 e. The highest BCUT2D eigenvalue weighted by atomic mass is 19.1. The minimum Gasteiger partial charge on any atom is -0.448 e. The summed E-state index contributed by atoms with van der Waals surface area (Å²) in [5.41, 5.74) is 2.04. The van der Waals surface area contributed by atoms with Crippen molar-refractivity contribution >= 4 is 22.8 Å². The van der Waals surface area contributed by atoms with Crippen molar-refractivity contribution in [3.63, 3.8) is 0 Å². The first-order valence-electron chi connectivity index (χ1n) is 8.34. The van der Waals surface area contributed by atoms with E-state index < -0.39 is 12.1 Å². The van der Waals surface area contributed by atoms with Gasteiger partial charge in [-0.15, -0.1) is 0 Å². The van der Waals surface area contributed by atoms with Crippen LogP contribution in [0.2, 0.25) is 0 Å². The summed E-state index contributed by atoms with van der Waals surface area (Å²) in [4.78, 5) is 27.2. The average molecular weight is 354 g/mol. The first-order chi connectivity index (χ1) is 12.5. The molecule has 0 fully saturated rings. The predicted octanol–water partition coefficient (Wildman–Crippen LogP) is 3.21. The Hall–Kier alpha value is -3.15. The number of benzene rings is 2. The van der Waals surface area contributed by atoms with Crippen molar-refractivity contribution in [2.45, 2.75) is 19.4 Å². The molecule has 0 aliphatic carbocycles. The first-order valence-corrected chi connectivity index (χ1v) is 8.34. The second-order valence-electron chi connectivity index (χ2n) is 5.99. The van der Waals surface area contributed by atoms with Crippen LogP contribution < -0.4 is 5.32 Å². The first kappa shape index (κ1) is 17.7. The summed E-state index contributed by atoms with van der Waals surface area (Å²) in [6.07, 6.45) is -0.351. The van der Waals surface area contributed by atoms with E-state index in [0.717, 1.165) is 16.5 Å². The van der Waals surface area contributed by atoms with E-state index in [1.165, 1.54) is 19.1 Å². The maximum absolute atomic E-state index is 12.9. The molecule has 5 nitrogen and oxygen atoms in total. The molecule has 3 rings (SSSR count). The number of hydrogen-bond donors (Lipinski definition) is 2. The number of para-hydroxylation sites is 1. The number of ether oxygens (including phenoxy) is 1. The molecular formula is C20H19FN2O3. The second-order valence-corrected chi connectivity index (χ2v) is 5.99. The van der Waals surface area contributed by atoms with E-state index in [1.807, 2.05) is 24.3 Å². The zero-order valence-corrected chi connectivity index (χ0v) is 14.3. The van der Waals surface area contributed by atoms with E-state index in [4.69, 9.17) is 4.74 Å². The third kappa shape index (κ3) is 4.27. The molecule has 0 aliphatic rings. The Kier molecular flexibility index (Phi) is 5.31. The lowest BCUT2D eigenvalue weighted by Gasteiger charge is -2.13. The third-order valence-electron chi connectivity index (χ3n) is 4.03. The lowest BCUT2D eigenvalue weighted by atomic mass is 10.1. The zero-order valence-electron chi connectivity index (χ0n) is 14.3. The van der Waals surface area contributed by atoms with Gasteiger partial charge in [0.05, 0.1) is 0 Å². The number of rotatable bonds is 6. The van der Waals surface area contributed by atoms with E-state index in [-0.39, 0.29) is 11.7 Å². The molecule has 0 spiro atoms. The molecule has 1 amide bonds. The van der Waals surface area contributed by atoms with Crippen LogP contribution in [0.1, 0.15) is 23.0 Å². The molecule has 6 heteroatoms. The van der Waals surface area contributed by atoms with Gasteiger partial charge in [0.15, 0.2) is 6.10 Å². The van der Waals surface area contributed by atoms with Crippen LogP contribution in [0.4, 0.5) is 4.39 Å². The lowest BCUT2D eigenvalue weighted by molar-refractivity contribution is -0.129. The van der Waals surface area contributed by atoms with Gasteiger partial charge in [-0.25, -0.2) is 9.18 Å². The highest BCUT2D eigenvalue weighted by Crippen LogP contribution is 2.15. The number of fused-ring (bicyclic) bond motifs is 1. The summed E-state index contributed by atoms with van der Waals surface area (Å²) < 4.78 is 18.1. The highest BCUT2D eigenvalue weighted by molar-refractivity contribution is 5.96. The number of hydrogen-bond acceptors (Lipinski definition) is 3. The molecule has 134 valence electrons. The Bertz CT molecular complexity index is 885. The molecule has 0 aliphatic heterocycles. The van der Waals surface area contributed by atoms with Crippen molar-refractivity contribution in [2.75, 3.05) is 6.54 Å². The maximum atomic E-state index is 12.9. The number of nitrogens with one attached hydrogen (secondary N) is 2. The molecule has 0 saturated heterocycles. The van der Waals surface area contributed by atoms with Gasteiger partial charge in [0, 0.05) is 17.4 Å². The van der Waals surface area contributed by atoms with Gasteiger partial charge in [-0.05, 0) is 43.2 Å². The van der Waals surface area contributed by atoms with Crippen molar-refractivity contribution < 1.29 is 18.7 Å². The molecule has 1 heterocycles. The smallest absolute Gasteiger partial charge is 0.355 e. The summed E-state index contributed by atoms with van der Waals surface area (Å²) >= 11 is 0. The Balaban J connectivity index is 1.50. The number of carbonyl (C=O) groups is 2. The van der Waals surface area contributed by atoms with E-state index in [9.17, 15) is 14.0 Å². The molecule has 0 radical (unpaired) electrons. The fourth-order valence-electron chi connectivity index (χ4n) is 2.59. The number of aromatic amines is 1. The minimum atomic E-state index is -0.915. The Morgan fingerprint density at radius 3 is 2.62 bits per heavy atom. The fourth-order valence-corrected chi connectivity index (χ4v) is 2.59. The van der Waals surface area contributed by atoms with E-state index >= 15 is 0 Å². The SMILES string of the molecule is C[C@H](OC(=O)c1cc2ccccc2[nH]1)C(=O)NCCc1ccc(F)cc1. The van der Waals surface area contributed by atoms with E-state index in [0.29, 0.717) is 18.7 Å². The van der Waals surface area contributed by atoms with Crippen LogP contribution in [-0.4, -0.2) is 29.5 Å². The van der Waals surface area contributed by atoms with Gasteiger partial charge in [0.25, 0.3) is 5.91 Å². The standard InChI is InChI=1S/C20H19FN2O3/c1-13(19(24)22-11-10-14-6-8-16(21)9-7-14)26-20(25)18-12-15-4-2-3-5-17(15)23-18/h2-9,12-13,23H,10-11H2,1H3,(H,22,24)/t13-/m0/s1. The molecule has 2 N–H and O–H groups in total. The van der Waals surface area contributed by atoms with Gasteiger partial charge in [0.2, 0.25) is 0 Å². The summed E-state index contributed by atoms with van der Waals surface area (Å²) in [7, 11) is 0. The van der Waals surface area contributed by atoms with Gasteiger partial charge in [-0.1, -0.05) is 30.3 Å². The van der Waals surface area contributed by atoms with Crippen molar-refractivity contribution in [3.8, 4) is 0 Å². The summed E-state index contributed by atoms with van der Waals surface area (Å²) in [5.74, 6) is -1.26. The largest absolute Gasteiger partial charge is 0.448 e. The van der Waals surface area contributed by atoms with Crippen LogP contribution in [0.15, 0.2) is 54.6 Å². The van der Waals surface area contributed by atoms with Crippen LogP contribution in [0, 0.1) is 5.82 Å². The molecule has 2 aromatic carbocycles. The number of amides is 1. The molecule has 3 aromatic rings. The van der Waals surface area contributed by atoms with Crippen molar-refractivity contribution in [1.82, 2.24) is 10.3 Å². The molecular weight excluding hydrogens is 335 g/mol. The summed E-state index contributed by atoms with van der Waals surface area (Å²) in [6.45, 7) is 1.90. The van der Waals surface area contributed by atoms with Gasteiger partial charge in [-0.2, -0.15) is 0 Å². The van der Waals surface area contributed by atoms with Gasteiger partial charge in [-0.3, -0.25) is 4.79 Å². The minimum absolute atomic E-state index is 0.296. The number of carbonyl (C=O) groups excluding carboxylic acids is 2. The lowest BCUT2D eigenvalue weighted by Crippen LogP contribution is -2.37. The van der Waals surface area contributed by atoms with Gasteiger partial charge >= 0.3 is 5.97 Å². The van der Waals surface area contributed by atoms with Gasteiger partial charge in [0.1, 0.15) is 11.5 Å². The normalized spacial score (nSPS) is 11.9. The van der Waals surface area contributed by atoms with Crippen molar-refractivity contribution in [3.05, 3.63) is 71.7 Å². The number of aromatic nitrogens is 1. The fraction of sp³-hybridized carbons (Fsp3) is 0.200.